The van der Waals surface area contributed by atoms with E-state index in [0.717, 1.165) is 38.5 Å². The number of aromatic nitrogens is 2. The lowest BCUT2D eigenvalue weighted by Gasteiger charge is -2.37. The van der Waals surface area contributed by atoms with Crippen molar-refractivity contribution < 1.29 is 19.4 Å². The molecule has 1 aliphatic carbocycles. The number of ether oxygens (including phenoxy) is 2. The Morgan fingerprint density at radius 3 is 2.41 bits per heavy atom. The van der Waals surface area contributed by atoms with Gasteiger partial charge in [0.15, 0.2) is 5.69 Å². The molecule has 3 rings (SSSR count). The maximum Gasteiger partial charge on any atom is 0.361 e. The maximum absolute atomic E-state index is 13.0. The Hall–Kier alpha value is -2.63. The molecule has 6 nitrogen and oxygen atoms in total. The molecule has 1 aromatic heterocycles. The summed E-state index contributed by atoms with van der Waals surface area (Å²) in [7, 11) is 0. The molecule has 0 saturated heterocycles. The minimum absolute atomic E-state index is 0.00227. The standard InChI is InChI=1S/C26H36N2O4/c1-5-6-17-31-22-21(24(30)32-25(2,3)4)27-20(28-23(22)29)18-26(15-11-8-12-16-26)19-13-9-7-10-14-19/h7,9-10,13-14H,5-6,8,11-12,15-18H2,1-4H3,(H,27,28,29). The van der Waals surface area contributed by atoms with Crippen LogP contribution in [0.4, 0.5) is 0 Å². The maximum atomic E-state index is 13.0. The zero-order valence-electron chi connectivity index (χ0n) is 19.8. The number of esters is 1. The number of rotatable bonds is 8. The van der Waals surface area contributed by atoms with Crippen LogP contribution in [0, 0.1) is 0 Å². The molecule has 1 aliphatic rings. The Kier molecular flexibility index (Phi) is 7.75. The second-order valence-corrected chi connectivity index (χ2v) is 9.73. The first-order valence-electron chi connectivity index (χ1n) is 11.8. The third kappa shape index (κ3) is 5.99. The quantitative estimate of drug-likeness (QED) is 0.415. The van der Waals surface area contributed by atoms with Crippen molar-refractivity contribution >= 4 is 5.97 Å². The number of carbonyl (C=O) groups excluding carboxylic acids is 1. The molecule has 0 radical (unpaired) electrons. The Bertz CT molecular complexity index is 900. The monoisotopic (exact) mass is 440 g/mol. The van der Waals surface area contributed by atoms with Crippen molar-refractivity contribution in [3.05, 3.63) is 47.4 Å². The molecule has 0 bridgehead atoms. The van der Waals surface area contributed by atoms with Gasteiger partial charge in [-0.3, -0.25) is 0 Å². The van der Waals surface area contributed by atoms with Crippen LogP contribution < -0.4 is 4.74 Å². The van der Waals surface area contributed by atoms with Gasteiger partial charge in [-0.15, -0.1) is 0 Å². The summed E-state index contributed by atoms with van der Waals surface area (Å²) >= 11 is 0. The zero-order chi connectivity index (χ0) is 23.2. The van der Waals surface area contributed by atoms with E-state index in [0.29, 0.717) is 18.9 Å². The molecule has 0 aliphatic heterocycles. The average molecular weight is 441 g/mol. The second kappa shape index (κ2) is 10.3. The summed E-state index contributed by atoms with van der Waals surface area (Å²) in [6.45, 7) is 7.83. The van der Waals surface area contributed by atoms with E-state index in [2.05, 4.69) is 34.2 Å². The van der Waals surface area contributed by atoms with Gasteiger partial charge in [0.05, 0.1) is 6.61 Å². The van der Waals surface area contributed by atoms with Gasteiger partial charge in [-0.2, -0.15) is 4.98 Å². The van der Waals surface area contributed by atoms with Crippen molar-refractivity contribution in [1.29, 1.82) is 0 Å². The largest absolute Gasteiger partial charge is 0.491 e. The Labute approximate surface area is 191 Å². The van der Waals surface area contributed by atoms with E-state index in [-0.39, 0.29) is 22.7 Å². The lowest BCUT2D eigenvalue weighted by Crippen LogP contribution is -2.33. The number of aromatic hydroxyl groups is 1. The fourth-order valence-electron chi connectivity index (χ4n) is 4.37. The predicted octanol–water partition coefficient (Wildman–Crippen LogP) is 5.76. The van der Waals surface area contributed by atoms with E-state index in [4.69, 9.17) is 9.47 Å². The molecule has 1 heterocycles. The van der Waals surface area contributed by atoms with Gasteiger partial charge in [-0.05, 0) is 45.6 Å². The fourth-order valence-corrected chi connectivity index (χ4v) is 4.37. The van der Waals surface area contributed by atoms with E-state index >= 15 is 0 Å². The van der Waals surface area contributed by atoms with Gasteiger partial charge in [0.25, 0.3) is 5.88 Å². The molecule has 174 valence electrons. The van der Waals surface area contributed by atoms with Gasteiger partial charge in [0.2, 0.25) is 5.75 Å². The van der Waals surface area contributed by atoms with E-state index < -0.39 is 11.6 Å². The summed E-state index contributed by atoms with van der Waals surface area (Å²) in [5.74, 6) is -0.461. The number of nitrogens with zero attached hydrogens (tertiary/aromatic N) is 2. The molecular formula is C26H36N2O4. The van der Waals surface area contributed by atoms with Crippen molar-refractivity contribution in [3.8, 4) is 11.6 Å². The first kappa shape index (κ1) is 24.0. The lowest BCUT2D eigenvalue weighted by atomic mass is 9.67. The SMILES string of the molecule is CCCCOc1c(O)nc(CC2(c3ccccc3)CCCCC2)nc1C(=O)OC(C)(C)C. The number of carbonyl (C=O) groups is 1. The molecule has 2 aromatic rings. The summed E-state index contributed by atoms with van der Waals surface area (Å²) in [5, 5.41) is 10.7. The van der Waals surface area contributed by atoms with Crippen molar-refractivity contribution in [2.24, 2.45) is 0 Å². The molecule has 1 saturated carbocycles. The van der Waals surface area contributed by atoms with E-state index in [1.54, 1.807) is 20.8 Å². The molecule has 0 amide bonds. The zero-order valence-corrected chi connectivity index (χ0v) is 19.8. The van der Waals surface area contributed by atoms with Crippen LogP contribution in [0.25, 0.3) is 0 Å². The van der Waals surface area contributed by atoms with Gasteiger partial charge in [-0.1, -0.05) is 62.9 Å². The van der Waals surface area contributed by atoms with Gasteiger partial charge >= 0.3 is 5.97 Å². The summed E-state index contributed by atoms with van der Waals surface area (Å²) in [6, 6.07) is 10.4. The molecule has 0 unspecified atom stereocenters. The van der Waals surface area contributed by atoms with Gasteiger partial charge in [-0.25, -0.2) is 9.78 Å². The van der Waals surface area contributed by atoms with Crippen LogP contribution in [0.2, 0.25) is 0 Å². The Balaban J connectivity index is 1.99. The van der Waals surface area contributed by atoms with Crippen LogP contribution >= 0.6 is 0 Å². The lowest BCUT2D eigenvalue weighted by molar-refractivity contribution is 0.00567. The number of benzene rings is 1. The van der Waals surface area contributed by atoms with Crippen LogP contribution in [0.3, 0.4) is 0 Å². The summed E-state index contributed by atoms with van der Waals surface area (Å²) < 4.78 is 11.3. The van der Waals surface area contributed by atoms with Gasteiger partial charge in [0, 0.05) is 11.8 Å². The molecular weight excluding hydrogens is 404 g/mol. The van der Waals surface area contributed by atoms with Crippen molar-refractivity contribution in [2.75, 3.05) is 6.61 Å². The van der Waals surface area contributed by atoms with E-state index in [9.17, 15) is 9.90 Å². The average Bonchev–Trinajstić information content (AvgIpc) is 2.75. The van der Waals surface area contributed by atoms with Crippen molar-refractivity contribution in [3.63, 3.8) is 0 Å². The van der Waals surface area contributed by atoms with Gasteiger partial charge in [0.1, 0.15) is 11.4 Å². The number of hydrogen-bond donors (Lipinski definition) is 1. The topological polar surface area (TPSA) is 81.5 Å². The minimum atomic E-state index is -0.687. The van der Waals surface area contributed by atoms with E-state index in [1.165, 1.54) is 12.0 Å². The second-order valence-electron chi connectivity index (χ2n) is 9.73. The third-order valence-corrected chi connectivity index (χ3v) is 5.92. The highest BCUT2D eigenvalue weighted by atomic mass is 16.6. The minimum Gasteiger partial charge on any atom is -0.491 e. The van der Waals surface area contributed by atoms with E-state index in [1.807, 2.05) is 13.0 Å². The first-order valence-corrected chi connectivity index (χ1v) is 11.8. The summed E-state index contributed by atoms with van der Waals surface area (Å²) in [4.78, 5) is 21.9. The van der Waals surface area contributed by atoms with Crippen LogP contribution in [-0.4, -0.2) is 33.3 Å². The Morgan fingerprint density at radius 2 is 1.78 bits per heavy atom. The molecule has 1 N–H and O–H groups in total. The van der Waals surface area contributed by atoms with Crippen molar-refractivity contribution in [2.45, 2.75) is 90.1 Å². The van der Waals surface area contributed by atoms with Crippen LogP contribution in [-0.2, 0) is 16.6 Å². The predicted molar refractivity (Wildman–Crippen MR) is 124 cm³/mol. The highest BCUT2D eigenvalue weighted by molar-refractivity contribution is 5.91. The number of hydrogen-bond acceptors (Lipinski definition) is 6. The molecule has 1 fully saturated rings. The van der Waals surface area contributed by atoms with Crippen LogP contribution in [0.1, 0.15) is 94.5 Å². The third-order valence-electron chi connectivity index (χ3n) is 5.92. The fraction of sp³-hybridized carbons (Fsp3) is 0.577. The normalized spacial score (nSPS) is 15.9. The molecule has 1 aromatic carbocycles. The summed E-state index contributed by atoms with van der Waals surface area (Å²) in [5.41, 5.74) is 0.455. The highest BCUT2D eigenvalue weighted by Crippen LogP contribution is 2.42. The van der Waals surface area contributed by atoms with Crippen LogP contribution in [0.15, 0.2) is 30.3 Å². The number of unbranched alkanes of at least 4 members (excludes halogenated alkanes) is 1. The smallest absolute Gasteiger partial charge is 0.361 e. The van der Waals surface area contributed by atoms with Gasteiger partial charge < -0.3 is 14.6 Å². The molecule has 32 heavy (non-hydrogen) atoms. The first-order chi connectivity index (χ1) is 15.2. The van der Waals surface area contributed by atoms with Crippen LogP contribution in [0.5, 0.6) is 11.6 Å². The highest BCUT2D eigenvalue weighted by Gasteiger charge is 2.36. The Morgan fingerprint density at radius 1 is 1.09 bits per heavy atom. The molecule has 0 atom stereocenters. The molecule has 6 heteroatoms. The van der Waals surface area contributed by atoms with Crippen molar-refractivity contribution in [1.82, 2.24) is 9.97 Å². The molecule has 0 spiro atoms. The summed E-state index contributed by atoms with van der Waals surface area (Å²) in [6.07, 6.45) is 7.82.